The van der Waals surface area contributed by atoms with E-state index < -0.39 is 0 Å². The van der Waals surface area contributed by atoms with Crippen LogP contribution in [0.1, 0.15) is 25.3 Å². The largest absolute Gasteiger partial charge is 0.378 e. The summed E-state index contributed by atoms with van der Waals surface area (Å²) in [5, 5.41) is 6.44. The Kier molecular flexibility index (Phi) is 5.68. The van der Waals surface area contributed by atoms with E-state index in [2.05, 4.69) is 17.6 Å². The lowest BCUT2D eigenvalue weighted by Gasteiger charge is -2.27. The number of carbonyl (C=O) groups excluding carboxylic acids is 1. The van der Waals surface area contributed by atoms with Crippen LogP contribution < -0.4 is 10.6 Å². The van der Waals surface area contributed by atoms with Gasteiger partial charge in [0, 0.05) is 24.7 Å². The van der Waals surface area contributed by atoms with Crippen LogP contribution in [-0.4, -0.2) is 25.3 Å². The zero-order valence-electron chi connectivity index (χ0n) is 11.7. The van der Waals surface area contributed by atoms with Crippen molar-refractivity contribution in [1.82, 2.24) is 10.6 Å². The van der Waals surface area contributed by atoms with E-state index in [1.807, 2.05) is 24.3 Å². The first kappa shape index (κ1) is 15.1. The quantitative estimate of drug-likeness (QED) is 0.897. The molecule has 2 atom stereocenters. The topological polar surface area (TPSA) is 50.4 Å². The van der Waals surface area contributed by atoms with Crippen LogP contribution >= 0.6 is 11.6 Å². The predicted molar refractivity (Wildman–Crippen MR) is 79.8 cm³/mol. The fourth-order valence-corrected chi connectivity index (χ4v) is 2.62. The maximum absolute atomic E-state index is 11.7. The fraction of sp³-hybridized carbons (Fsp3) is 0.533. The SMILES string of the molecule is CC1CC(CNC(=O)NCc2cccc(Cl)c2)CCO1. The highest BCUT2D eigenvalue weighted by molar-refractivity contribution is 6.30. The van der Waals surface area contributed by atoms with E-state index >= 15 is 0 Å². The average Bonchev–Trinajstić information content (AvgIpc) is 2.43. The summed E-state index contributed by atoms with van der Waals surface area (Å²) in [5.41, 5.74) is 0.993. The molecule has 0 radical (unpaired) electrons. The number of nitrogens with one attached hydrogen (secondary N) is 2. The van der Waals surface area contributed by atoms with Crippen LogP contribution in [0.3, 0.4) is 0 Å². The van der Waals surface area contributed by atoms with Gasteiger partial charge in [0.2, 0.25) is 0 Å². The predicted octanol–water partition coefficient (Wildman–Crippen LogP) is 2.95. The Balaban J connectivity index is 1.67. The van der Waals surface area contributed by atoms with E-state index in [0.29, 0.717) is 30.1 Å². The number of ether oxygens (including phenoxy) is 1. The molecule has 1 aliphatic heterocycles. The molecule has 0 bridgehead atoms. The van der Waals surface area contributed by atoms with Gasteiger partial charge in [0.1, 0.15) is 0 Å². The summed E-state index contributed by atoms with van der Waals surface area (Å²) >= 11 is 5.90. The molecule has 0 aliphatic carbocycles. The highest BCUT2D eigenvalue weighted by atomic mass is 35.5. The summed E-state index contributed by atoms with van der Waals surface area (Å²) in [6, 6.07) is 7.34. The lowest BCUT2D eigenvalue weighted by atomic mass is 9.96. The van der Waals surface area contributed by atoms with Gasteiger partial charge in [-0.1, -0.05) is 23.7 Å². The number of urea groups is 1. The summed E-state index contributed by atoms with van der Waals surface area (Å²) < 4.78 is 5.49. The van der Waals surface area contributed by atoms with Crippen molar-refractivity contribution >= 4 is 17.6 Å². The third kappa shape index (κ3) is 5.02. The monoisotopic (exact) mass is 296 g/mol. The van der Waals surface area contributed by atoms with Crippen LogP contribution in [0.15, 0.2) is 24.3 Å². The zero-order chi connectivity index (χ0) is 14.4. The molecule has 2 amide bonds. The number of rotatable bonds is 4. The summed E-state index contributed by atoms with van der Waals surface area (Å²) in [4.78, 5) is 11.7. The lowest BCUT2D eigenvalue weighted by molar-refractivity contribution is 0.00346. The maximum atomic E-state index is 11.7. The summed E-state index contributed by atoms with van der Waals surface area (Å²) in [7, 11) is 0. The number of halogens is 1. The third-order valence-corrected chi connectivity index (χ3v) is 3.72. The Bertz CT molecular complexity index is 453. The Hall–Kier alpha value is -1.26. The smallest absolute Gasteiger partial charge is 0.315 e. The number of amides is 2. The Morgan fingerprint density at radius 3 is 3.05 bits per heavy atom. The van der Waals surface area contributed by atoms with Crippen molar-refractivity contribution in [2.45, 2.75) is 32.4 Å². The molecular formula is C15H21ClN2O2. The molecular weight excluding hydrogens is 276 g/mol. The number of hydrogen-bond donors (Lipinski definition) is 2. The fourth-order valence-electron chi connectivity index (χ4n) is 2.41. The first-order valence-electron chi connectivity index (χ1n) is 7.01. The molecule has 0 saturated carbocycles. The molecule has 1 fully saturated rings. The number of carbonyl (C=O) groups is 1. The molecule has 5 heteroatoms. The molecule has 1 aromatic carbocycles. The van der Waals surface area contributed by atoms with E-state index in [-0.39, 0.29) is 6.03 Å². The summed E-state index contributed by atoms with van der Waals surface area (Å²) in [6.07, 6.45) is 2.32. The molecule has 20 heavy (non-hydrogen) atoms. The van der Waals surface area contributed by atoms with Gasteiger partial charge in [0.25, 0.3) is 0 Å². The molecule has 0 aromatic heterocycles. The van der Waals surface area contributed by atoms with Gasteiger partial charge in [0.15, 0.2) is 0 Å². The Morgan fingerprint density at radius 2 is 2.30 bits per heavy atom. The minimum atomic E-state index is -0.135. The van der Waals surface area contributed by atoms with E-state index in [1.165, 1.54) is 0 Å². The van der Waals surface area contributed by atoms with Crippen LogP contribution in [0.25, 0.3) is 0 Å². The highest BCUT2D eigenvalue weighted by Gasteiger charge is 2.19. The standard InChI is InChI=1S/C15H21ClN2O2/c1-11-7-13(5-6-20-11)10-18-15(19)17-9-12-3-2-4-14(16)8-12/h2-4,8,11,13H,5-7,9-10H2,1H3,(H2,17,18,19). The minimum Gasteiger partial charge on any atom is -0.378 e. The van der Waals surface area contributed by atoms with Gasteiger partial charge in [0.05, 0.1) is 6.10 Å². The third-order valence-electron chi connectivity index (χ3n) is 3.49. The lowest BCUT2D eigenvalue weighted by Crippen LogP contribution is -2.39. The van der Waals surface area contributed by atoms with Crippen molar-refractivity contribution in [2.24, 2.45) is 5.92 Å². The molecule has 2 N–H and O–H groups in total. The molecule has 0 spiro atoms. The first-order valence-corrected chi connectivity index (χ1v) is 7.39. The number of benzene rings is 1. The summed E-state index contributed by atoms with van der Waals surface area (Å²) in [6.45, 7) is 4.05. The van der Waals surface area contributed by atoms with Crippen molar-refractivity contribution in [1.29, 1.82) is 0 Å². The van der Waals surface area contributed by atoms with Gasteiger partial charge < -0.3 is 15.4 Å². The van der Waals surface area contributed by atoms with E-state index in [0.717, 1.165) is 25.0 Å². The highest BCUT2D eigenvalue weighted by Crippen LogP contribution is 2.18. The normalized spacial score (nSPS) is 22.3. The molecule has 1 aromatic rings. The Labute approximate surface area is 124 Å². The van der Waals surface area contributed by atoms with Crippen LogP contribution in [0, 0.1) is 5.92 Å². The van der Waals surface area contributed by atoms with Gasteiger partial charge in [-0.05, 0) is 43.4 Å². The van der Waals surface area contributed by atoms with Crippen molar-refractivity contribution < 1.29 is 9.53 Å². The van der Waals surface area contributed by atoms with Gasteiger partial charge in [-0.2, -0.15) is 0 Å². The molecule has 4 nitrogen and oxygen atoms in total. The molecule has 1 aliphatic rings. The van der Waals surface area contributed by atoms with E-state index in [1.54, 1.807) is 0 Å². The van der Waals surface area contributed by atoms with E-state index in [9.17, 15) is 4.79 Å². The van der Waals surface area contributed by atoms with Crippen molar-refractivity contribution in [3.05, 3.63) is 34.9 Å². The molecule has 110 valence electrons. The molecule has 2 rings (SSSR count). The van der Waals surface area contributed by atoms with Gasteiger partial charge in [-0.3, -0.25) is 0 Å². The Morgan fingerprint density at radius 1 is 1.45 bits per heavy atom. The minimum absolute atomic E-state index is 0.135. The van der Waals surface area contributed by atoms with Gasteiger partial charge in [-0.25, -0.2) is 4.79 Å². The molecule has 1 heterocycles. The molecule has 2 unspecified atom stereocenters. The second-order valence-electron chi connectivity index (χ2n) is 5.27. The van der Waals surface area contributed by atoms with Crippen molar-refractivity contribution in [3.63, 3.8) is 0 Å². The van der Waals surface area contributed by atoms with Crippen LogP contribution in [0.2, 0.25) is 5.02 Å². The van der Waals surface area contributed by atoms with Crippen LogP contribution in [-0.2, 0) is 11.3 Å². The van der Waals surface area contributed by atoms with Gasteiger partial charge >= 0.3 is 6.03 Å². The second-order valence-corrected chi connectivity index (χ2v) is 5.70. The molecule has 1 saturated heterocycles. The second kappa shape index (κ2) is 7.50. The average molecular weight is 297 g/mol. The van der Waals surface area contributed by atoms with Crippen molar-refractivity contribution in [2.75, 3.05) is 13.2 Å². The first-order chi connectivity index (χ1) is 9.63. The van der Waals surface area contributed by atoms with Gasteiger partial charge in [-0.15, -0.1) is 0 Å². The van der Waals surface area contributed by atoms with Crippen LogP contribution in [0.5, 0.6) is 0 Å². The zero-order valence-corrected chi connectivity index (χ0v) is 12.5. The maximum Gasteiger partial charge on any atom is 0.315 e. The van der Waals surface area contributed by atoms with E-state index in [4.69, 9.17) is 16.3 Å². The van der Waals surface area contributed by atoms with Crippen molar-refractivity contribution in [3.8, 4) is 0 Å². The summed E-state index contributed by atoms with van der Waals surface area (Å²) in [5.74, 6) is 0.510. The van der Waals surface area contributed by atoms with Crippen LogP contribution in [0.4, 0.5) is 4.79 Å². The number of hydrogen-bond acceptors (Lipinski definition) is 2.